The van der Waals surface area contributed by atoms with Crippen LogP contribution in [-0.2, 0) is 17.8 Å². The van der Waals surface area contributed by atoms with Crippen molar-refractivity contribution >= 4 is 39.7 Å². The second-order valence-electron chi connectivity index (χ2n) is 7.38. The summed E-state index contributed by atoms with van der Waals surface area (Å²) in [4.78, 5) is 29.4. The molecule has 1 aromatic carbocycles. The number of hydrogen-bond donors (Lipinski definition) is 2. The molecule has 0 unspecified atom stereocenters. The van der Waals surface area contributed by atoms with Crippen molar-refractivity contribution < 1.29 is 4.79 Å². The monoisotopic (exact) mass is 438 g/mol. The molecule has 2 N–H and O–H groups in total. The van der Waals surface area contributed by atoms with E-state index in [-0.39, 0.29) is 24.1 Å². The summed E-state index contributed by atoms with van der Waals surface area (Å²) in [5, 5.41) is 11.2. The summed E-state index contributed by atoms with van der Waals surface area (Å²) >= 11 is 7.89. The number of hydrogen-bond acceptors (Lipinski definition) is 4. The number of carbonyl (C=O) groups is 1. The molecule has 8 heteroatoms. The largest absolute Gasteiger partial charge is 0.355 e. The minimum atomic E-state index is -0.299. The van der Waals surface area contributed by atoms with Gasteiger partial charge in [0.15, 0.2) is 0 Å². The van der Waals surface area contributed by atoms with E-state index in [1.54, 1.807) is 6.07 Å². The standard InChI is InChI=1S/C22H19ClN4O2S/c23-15-6-1-4-13-14-5-2-7-17(22(14)25-21(13)15)24-19(28)12-27-20(29)10-9-16(26-27)18-8-3-11-30-18/h1,3-4,6,8-11,17,25H,2,5,7,12H2,(H,24,28)/t17-/m1/s1. The molecule has 0 bridgehead atoms. The molecule has 3 heterocycles. The van der Waals surface area contributed by atoms with Gasteiger partial charge in [-0.1, -0.05) is 29.8 Å². The Balaban J connectivity index is 1.39. The molecule has 1 aliphatic carbocycles. The summed E-state index contributed by atoms with van der Waals surface area (Å²) in [6, 6.07) is 12.7. The first kappa shape index (κ1) is 19.1. The Morgan fingerprint density at radius 3 is 3.00 bits per heavy atom. The molecule has 0 saturated carbocycles. The molecule has 0 radical (unpaired) electrons. The van der Waals surface area contributed by atoms with Crippen molar-refractivity contribution in [2.24, 2.45) is 0 Å². The van der Waals surface area contributed by atoms with E-state index < -0.39 is 0 Å². The van der Waals surface area contributed by atoms with Crippen molar-refractivity contribution in [1.82, 2.24) is 20.1 Å². The lowest BCUT2D eigenvalue weighted by Crippen LogP contribution is -2.36. The normalized spacial score (nSPS) is 15.8. The van der Waals surface area contributed by atoms with E-state index >= 15 is 0 Å². The van der Waals surface area contributed by atoms with Crippen LogP contribution in [0.15, 0.2) is 52.6 Å². The van der Waals surface area contributed by atoms with Crippen molar-refractivity contribution in [3.63, 3.8) is 0 Å². The quantitative estimate of drug-likeness (QED) is 0.498. The van der Waals surface area contributed by atoms with Gasteiger partial charge >= 0.3 is 0 Å². The van der Waals surface area contributed by atoms with Crippen molar-refractivity contribution in [2.45, 2.75) is 31.8 Å². The molecule has 0 aliphatic heterocycles. The Morgan fingerprint density at radius 1 is 1.27 bits per heavy atom. The number of H-pyrrole nitrogens is 1. The van der Waals surface area contributed by atoms with Crippen LogP contribution >= 0.6 is 22.9 Å². The summed E-state index contributed by atoms with van der Waals surface area (Å²) in [7, 11) is 0. The third kappa shape index (κ3) is 3.44. The molecule has 4 aromatic rings. The molecule has 6 nitrogen and oxygen atoms in total. The number of fused-ring (bicyclic) bond motifs is 3. The summed E-state index contributed by atoms with van der Waals surface area (Å²) in [6.45, 7) is -0.120. The topological polar surface area (TPSA) is 79.8 Å². The van der Waals surface area contributed by atoms with Gasteiger partial charge in [-0.3, -0.25) is 9.59 Å². The predicted molar refractivity (Wildman–Crippen MR) is 119 cm³/mol. The van der Waals surface area contributed by atoms with E-state index in [1.165, 1.54) is 27.6 Å². The molecule has 0 spiro atoms. The van der Waals surface area contributed by atoms with Crippen molar-refractivity contribution in [3.8, 4) is 10.6 Å². The van der Waals surface area contributed by atoms with Crippen molar-refractivity contribution in [1.29, 1.82) is 0 Å². The molecule has 0 fully saturated rings. The predicted octanol–water partition coefficient (Wildman–Crippen LogP) is 4.30. The van der Waals surface area contributed by atoms with E-state index in [9.17, 15) is 9.59 Å². The number of para-hydroxylation sites is 1. The number of aromatic amines is 1. The van der Waals surface area contributed by atoms with E-state index in [4.69, 9.17) is 11.6 Å². The Labute approximate surface area is 181 Å². The molecule has 30 heavy (non-hydrogen) atoms. The number of aromatic nitrogens is 3. The van der Waals surface area contributed by atoms with Gasteiger partial charge in [0.05, 0.1) is 21.5 Å². The number of thiophene rings is 1. The summed E-state index contributed by atoms with van der Waals surface area (Å²) in [6.07, 6.45) is 2.76. The zero-order chi connectivity index (χ0) is 20.7. The molecule has 152 valence electrons. The molecule has 3 aromatic heterocycles. The Bertz CT molecular complexity index is 1290. The minimum Gasteiger partial charge on any atom is -0.355 e. The maximum Gasteiger partial charge on any atom is 0.267 e. The van der Waals surface area contributed by atoms with Gasteiger partial charge in [0.1, 0.15) is 12.2 Å². The second-order valence-corrected chi connectivity index (χ2v) is 8.74. The van der Waals surface area contributed by atoms with Crippen LogP contribution in [-0.4, -0.2) is 20.7 Å². The van der Waals surface area contributed by atoms with Gasteiger partial charge in [-0.2, -0.15) is 5.10 Å². The lowest BCUT2D eigenvalue weighted by atomic mass is 9.91. The summed E-state index contributed by atoms with van der Waals surface area (Å²) in [5.74, 6) is -0.240. The highest BCUT2D eigenvalue weighted by atomic mass is 35.5. The maximum atomic E-state index is 12.8. The number of benzene rings is 1. The summed E-state index contributed by atoms with van der Waals surface area (Å²) < 4.78 is 1.22. The van der Waals surface area contributed by atoms with Gasteiger partial charge in [-0.05, 0) is 48.4 Å². The molecule has 0 saturated heterocycles. The van der Waals surface area contributed by atoms with Crippen molar-refractivity contribution in [2.75, 3.05) is 0 Å². The van der Waals surface area contributed by atoms with Gasteiger partial charge in [-0.15, -0.1) is 11.3 Å². The van der Waals surface area contributed by atoms with Crippen molar-refractivity contribution in [3.05, 3.63) is 74.5 Å². The first-order chi connectivity index (χ1) is 14.6. The van der Waals surface area contributed by atoms with Crippen LogP contribution in [0.2, 0.25) is 5.02 Å². The van der Waals surface area contributed by atoms with Crippen LogP contribution < -0.4 is 10.9 Å². The van der Waals surface area contributed by atoms with E-state index in [2.05, 4.69) is 21.5 Å². The lowest BCUT2D eigenvalue weighted by Gasteiger charge is -2.24. The van der Waals surface area contributed by atoms with Gasteiger partial charge in [0, 0.05) is 17.1 Å². The number of rotatable bonds is 4. The van der Waals surface area contributed by atoms with Crippen LogP contribution in [0.3, 0.4) is 0 Å². The SMILES string of the molecule is O=C(Cn1nc(-c2cccs2)ccc1=O)N[C@@H]1CCCc2c1[nH]c1c(Cl)cccc21. The van der Waals surface area contributed by atoms with E-state index in [0.29, 0.717) is 10.7 Å². The fourth-order valence-corrected chi connectivity index (χ4v) is 5.00. The Morgan fingerprint density at radius 2 is 2.17 bits per heavy atom. The second kappa shape index (κ2) is 7.74. The Hall–Kier alpha value is -2.90. The van der Waals surface area contributed by atoms with Gasteiger partial charge in [-0.25, -0.2) is 4.68 Å². The van der Waals surface area contributed by atoms with Crippen LogP contribution in [0.1, 0.15) is 30.1 Å². The number of carbonyl (C=O) groups excluding carboxylic acids is 1. The van der Waals surface area contributed by atoms with Crippen LogP contribution in [0.25, 0.3) is 21.5 Å². The van der Waals surface area contributed by atoms with Crippen LogP contribution in [0.4, 0.5) is 0 Å². The molecule has 5 rings (SSSR count). The average molecular weight is 439 g/mol. The minimum absolute atomic E-state index is 0.120. The molecule has 1 aliphatic rings. The van der Waals surface area contributed by atoms with Crippen LogP contribution in [0.5, 0.6) is 0 Å². The number of nitrogens with one attached hydrogen (secondary N) is 2. The third-order valence-electron chi connectivity index (χ3n) is 5.46. The third-order valence-corrected chi connectivity index (χ3v) is 6.67. The van der Waals surface area contributed by atoms with Gasteiger partial charge < -0.3 is 10.3 Å². The van der Waals surface area contributed by atoms with Crippen LogP contribution in [0, 0.1) is 0 Å². The summed E-state index contributed by atoms with van der Waals surface area (Å²) in [5.41, 5.74) is 3.51. The molecular weight excluding hydrogens is 420 g/mol. The smallest absolute Gasteiger partial charge is 0.267 e. The lowest BCUT2D eigenvalue weighted by molar-refractivity contribution is -0.122. The van der Waals surface area contributed by atoms with E-state index in [1.807, 2.05) is 29.6 Å². The first-order valence-corrected chi connectivity index (χ1v) is 11.1. The molecule has 1 atom stereocenters. The zero-order valence-corrected chi connectivity index (χ0v) is 17.6. The maximum absolute atomic E-state index is 12.8. The molecule has 1 amide bonds. The Kier molecular flexibility index (Phi) is 4.92. The number of amides is 1. The highest BCUT2D eigenvalue weighted by Crippen LogP contribution is 2.36. The average Bonchev–Trinajstić information content (AvgIpc) is 3.39. The van der Waals surface area contributed by atoms with E-state index in [0.717, 1.165) is 40.7 Å². The molecular formula is C22H19ClN4O2S. The highest BCUT2D eigenvalue weighted by molar-refractivity contribution is 7.13. The number of nitrogens with zero attached hydrogens (tertiary/aromatic N) is 2. The first-order valence-electron chi connectivity index (χ1n) is 9.80. The fraction of sp³-hybridized carbons (Fsp3) is 0.227. The van der Waals surface area contributed by atoms with Gasteiger partial charge in [0.25, 0.3) is 5.56 Å². The zero-order valence-electron chi connectivity index (χ0n) is 16.0. The van der Waals surface area contributed by atoms with Gasteiger partial charge in [0.2, 0.25) is 5.91 Å². The number of halogens is 1. The highest BCUT2D eigenvalue weighted by Gasteiger charge is 2.26. The number of aryl methyl sites for hydroxylation is 1. The fourth-order valence-electron chi connectivity index (χ4n) is 4.09.